The molecule has 3 aromatic heterocycles. The summed E-state index contributed by atoms with van der Waals surface area (Å²) in [6.07, 6.45) is 5.09. The van der Waals surface area contributed by atoms with E-state index >= 15 is 0 Å². The molecule has 4 rings (SSSR count). The Hall–Kier alpha value is -3.13. The van der Waals surface area contributed by atoms with Crippen LogP contribution in [0.5, 0.6) is 0 Å². The molecule has 0 unspecified atom stereocenters. The second-order valence-electron chi connectivity index (χ2n) is 5.74. The molecule has 0 atom stereocenters. The van der Waals surface area contributed by atoms with Gasteiger partial charge in [0.1, 0.15) is 5.82 Å². The molecule has 0 aliphatic carbocycles. The third kappa shape index (κ3) is 3.18. The van der Waals surface area contributed by atoms with E-state index in [2.05, 4.69) is 15.1 Å². The maximum Gasteiger partial charge on any atom is 0.280 e. The van der Waals surface area contributed by atoms with Crippen molar-refractivity contribution >= 4 is 32.6 Å². The number of carbonyl (C=O) groups excluding carboxylic acids is 1. The molecule has 0 saturated heterocycles. The van der Waals surface area contributed by atoms with Crippen molar-refractivity contribution in [1.82, 2.24) is 19.7 Å². The van der Waals surface area contributed by atoms with Gasteiger partial charge >= 0.3 is 0 Å². The third-order valence-corrected chi connectivity index (χ3v) is 4.85. The number of fused-ring (bicyclic) bond motifs is 1. The number of aryl methyl sites for hydroxylation is 1. The van der Waals surface area contributed by atoms with E-state index in [9.17, 15) is 9.18 Å². The zero-order valence-electron chi connectivity index (χ0n) is 13.8. The molecule has 26 heavy (non-hydrogen) atoms. The molecule has 1 aromatic carbocycles. The molecule has 6 nitrogen and oxygen atoms in total. The number of anilines is 1. The maximum atomic E-state index is 13.5. The van der Waals surface area contributed by atoms with Crippen LogP contribution in [0.15, 0.2) is 55.0 Å². The molecule has 0 radical (unpaired) electrons. The molecule has 0 aliphatic rings. The van der Waals surface area contributed by atoms with Crippen molar-refractivity contribution in [2.75, 3.05) is 4.90 Å². The number of pyridine rings is 1. The quantitative estimate of drug-likeness (QED) is 0.554. The highest BCUT2D eigenvalue weighted by Gasteiger charge is 2.23. The molecule has 0 spiro atoms. The molecule has 1 amide bonds. The van der Waals surface area contributed by atoms with Gasteiger partial charge in [-0.1, -0.05) is 17.4 Å². The highest BCUT2D eigenvalue weighted by Crippen LogP contribution is 2.31. The van der Waals surface area contributed by atoms with E-state index in [0.29, 0.717) is 27.6 Å². The molecule has 0 aliphatic heterocycles. The molecule has 3 heterocycles. The Morgan fingerprint density at radius 3 is 2.92 bits per heavy atom. The Morgan fingerprint density at radius 2 is 2.19 bits per heavy atom. The lowest BCUT2D eigenvalue weighted by molar-refractivity contribution is 0.0979. The number of thiazole rings is 1. The zero-order valence-corrected chi connectivity index (χ0v) is 14.7. The van der Waals surface area contributed by atoms with E-state index in [1.54, 1.807) is 47.4 Å². The Labute approximate surface area is 152 Å². The van der Waals surface area contributed by atoms with Gasteiger partial charge in [0.15, 0.2) is 10.8 Å². The summed E-state index contributed by atoms with van der Waals surface area (Å²) in [4.78, 5) is 23.2. The van der Waals surface area contributed by atoms with E-state index in [1.165, 1.54) is 23.5 Å². The minimum Gasteiger partial charge on any atom is -0.278 e. The van der Waals surface area contributed by atoms with Crippen molar-refractivity contribution in [3.05, 3.63) is 72.1 Å². The second-order valence-corrected chi connectivity index (χ2v) is 6.74. The van der Waals surface area contributed by atoms with Crippen LogP contribution in [0.1, 0.15) is 16.1 Å². The highest BCUT2D eigenvalue weighted by molar-refractivity contribution is 7.22. The first kappa shape index (κ1) is 16.3. The van der Waals surface area contributed by atoms with Crippen molar-refractivity contribution in [3.8, 4) is 0 Å². The lowest BCUT2D eigenvalue weighted by Gasteiger charge is -2.18. The van der Waals surface area contributed by atoms with Crippen LogP contribution >= 0.6 is 11.3 Å². The average Bonchev–Trinajstić information content (AvgIpc) is 3.25. The van der Waals surface area contributed by atoms with E-state index in [0.717, 1.165) is 5.56 Å². The van der Waals surface area contributed by atoms with E-state index in [-0.39, 0.29) is 11.7 Å². The molecular weight excluding hydrogens is 353 g/mol. The predicted octanol–water partition coefficient (Wildman–Crippen LogP) is 3.41. The number of hydrogen-bond donors (Lipinski definition) is 0. The van der Waals surface area contributed by atoms with Gasteiger partial charge in [-0.15, -0.1) is 0 Å². The van der Waals surface area contributed by atoms with Crippen LogP contribution in [0.25, 0.3) is 10.2 Å². The standard InChI is InChI=1S/C18H14FN5OS/c1-23-8-6-15(22-23)17(25)24(11-12-3-2-7-20-10-12)18-21-14-5-4-13(19)9-16(14)26-18/h2-10H,11H2,1H3. The summed E-state index contributed by atoms with van der Waals surface area (Å²) in [7, 11) is 1.75. The summed E-state index contributed by atoms with van der Waals surface area (Å²) < 4.78 is 15.8. The Bertz CT molecular complexity index is 1080. The number of rotatable bonds is 4. The molecule has 0 saturated carbocycles. The van der Waals surface area contributed by atoms with Crippen molar-refractivity contribution in [3.63, 3.8) is 0 Å². The van der Waals surface area contributed by atoms with Crippen LogP contribution in [-0.2, 0) is 13.6 Å². The van der Waals surface area contributed by atoms with E-state index in [4.69, 9.17) is 0 Å². The van der Waals surface area contributed by atoms with Crippen LogP contribution in [0.4, 0.5) is 9.52 Å². The molecule has 0 fully saturated rings. The van der Waals surface area contributed by atoms with Crippen molar-refractivity contribution < 1.29 is 9.18 Å². The van der Waals surface area contributed by atoms with Gasteiger partial charge in [-0.25, -0.2) is 9.37 Å². The summed E-state index contributed by atoms with van der Waals surface area (Å²) in [5, 5.41) is 4.68. The molecule has 130 valence electrons. The normalized spacial score (nSPS) is 11.0. The number of amides is 1. The minimum atomic E-state index is -0.331. The molecular formula is C18H14FN5OS. The number of carbonyl (C=O) groups is 1. The summed E-state index contributed by atoms with van der Waals surface area (Å²) >= 11 is 1.27. The summed E-state index contributed by atoms with van der Waals surface area (Å²) in [5.41, 5.74) is 1.83. The summed E-state index contributed by atoms with van der Waals surface area (Å²) in [5.74, 6) is -0.600. The number of aromatic nitrogens is 4. The fourth-order valence-corrected chi connectivity index (χ4v) is 3.56. The third-order valence-electron chi connectivity index (χ3n) is 3.81. The lowest BCUT2D eigenvalue weighted by Crippen LogP contribution is -2.30. The zero-order chi connectivity index (χ0) is 18.1. The van der Waals surface area contributed by atoms with Gasteiger partial charge in [-0.3, -0.25) is 19.4 Å². The monoisotopic (exact) mass is 367 g/mol. The molecule has 0 N–H and O–H groups in total. The smallest absolute Gasteiger partial charge is 0.278 e. The van der Waals surface area contributed by atoms with Crippen LogP contribution in [0.2, 0.25) is 0 Å². The first-order valence-electron chi connectivity index (χ1n) is 7.87. The number of hydrogen-bond acceptors (Lipinski definition) is 5. The first-order valence-corrected chi connectivity index (χ1v) is 8.68. The SMILES string of the molecule is Cn1ccc(C(=O)N(Cc2cccnc2)c2nc3ccc(F)cc3s2)n1. The van der Waals surface area contributed by atoms with Gasteiger partial charge in [0.2, 0.25) is 0 Å². The van der Waals surface area contributed by atoms with Crippen LogP contribution < -0.4 is 4.90 Å². The van der Waals surface area contributed by atoms with Gasteiger partial charge in [0, 0.05) is 25.6 Å². The number of halogens is 1. The van der Waals surface area contributed by atoms with Crippen LogP contribution in [-0.4, -0.2) is 25.7 Å². The predicted molar refractivity (Wildman–Crippen MR) is 97.5 cm³/mol. The second kappa shape index (κ2) is 6.64. The maximum absolute atomic E-state index is 13.5. The Balaban J connectivity index is 1.76. The topological polar surface area (TPSA) is 63.9 Å². The fraction of sp³-hybridized carbons (Fsp3) is 0.111. The largest absolute Gasteiger partial charge is 0.280 e. The van der Waals surface area contributed by atoms with Gasteiger partial charge in [0.25, 0.3) is 5.91 Å². The van der Waals surface area contributed by atoms with E-state index < -0.39 is 0 Å². The molecule has 4 aromatic rings. The van der Waals surface area contributed by atoms with E-state index in [1.807, 2.05) is 12.1 Å². The fourth-order valence-electron chi connectivity index (χ4n) is 2.57. The van der Waals surface area contributed by atoms with Crippen molar-refractivity contribution in [2.45, 2.75) is 6.54 Å². The first-order chi connectivity index (χ1) is 12.6. The summed E-state index contributed by atoms with van der Waals surface area (Å²) in [6.45, 7) is 0.297. The van der Waals surface area contributed by atoms with Gasteiger partial charge in [-0.2, -0.15) is 5.10 Å². The van der Waals surface area contributed by atoms with Gasteiger partial charge < -0.3 is 0 Å². The Morgan fingerprint density at radius 1 is 1.31 bits per heavy atom. The minimum absolute atomic E-state index is 0.269. The van der Waals surface area contributed by atoms with Crippen molar-refractivity contribution in [1.29, 1.82) is 0 Å². The number of nitrogens with zero attached hydrogens (tertiary/aromatic N) is 5. The van der Waals surface area contributed by atoms with Gasteiger partial charge in [0.05, 0.1) is 16.8 Å². The van der Waals surface area contributed by atoms with Crippen LogP contribution in [0.3, 0.4) is 0 Å². The van der Waals surface area contributed by atoms with Gasteiger partial charge in [-0.05, 0) is 35.9 Å². The number of benzene rings is 1. The lowest BCUT2D eigenvalue weighted by atomic mass is 10.2. The molecule has 0 bridgehead atoms. The van der Waals surface area contributed by atoms with Crippen molar-refractivity contribution in [2.24, 2.45) is 7.05 Å². The highest BCUT2D eigenvalue weighted by atomic mass is 32.1. The summed E-state index contributed by atoms with van der Waals surface area (Å²) in [6, 6.07) is 9.75. The Kier molecular flexibility index (Phi) is 4.18. The van der Waals surface area contributed by atoms with Crippen LogP contribution in [0, 0.1) is 5.82 Å². The molecule has 8 heteroatoms. The average molecular weight is 367 g/mol.